The summed E-state index contributed by atoms with van der Waals surface area (Å²) in [5.74, 6) is 0. The van der Waals surface area contributed by atoms with Gasteiger partial charge in [-0.2, -0.15) is 0 Å². The molecule has 3 atom stereocenters. The number of piperazine rings is 1. The van der Waals surface area contributed by atoms with Crippen LogP contribution in [0.3, 0.4) is 0 Å². The molecule has 2 heterocycles. The van der Waals surface area contributed by atoms with Gasteiger partial charge in [0.1, 0.15) is 0 Å². The van der Waals surface area contributed by atoms with Gasteiger partial charge in [0.05, 0.1) is 6.61 Å². The van der Waals surface area contributed by atoms with Crippen molar-refractivity contribution in [1.82, 2.24) is 9.80 Å². The van der Waals surface area contributed by atoms with Gasteiger partial charge in [-0.3, -0.25) is 9.80 Å². The SMILES string of the molecule is CCOCC(C)N1CC2CCCN2CC1CC. The molecule has 2 saturated heterocycles. The van der Waals surface area contributed by atoms with Gasteiger partial charge in [0.15, 0.2) is 0 Å². The molecule has 2 fully saturated rings. The third kappa shape index (κ3) is 3.01. The molecule has 100 valence electrons. The molecule has 2 aliphatic rings. The Hall–Kier alpha value is -0.120. The van der Waals surface area contributed by atoms with Gasteiger partial charge in [-0.05, 0) is 39.7 Å². The van der Waals surface area contributed by atoms with E-state index in [1.54, 1.807) is 0 Å². The number of hydrogen-bond acceptors (Lipinski definition) is 3. The Morgan fingerprint density at radius 3 is 2.82 bits per heavy atom. The monoisotopic (exact) mass is 240 g/mol. The summed E-state index contributed by atoms with van der Waals surface area (Å²) in [4.78, 5) is 5.40. The predicted molar refractivity (Wildman–Crippen MR) is 71.3 cm³/mol. The van der Waals surface area contributed by atoms with Crippen LogP contribution in [0.5, 0.6) is 0 Å². The summed E-state index contributed by atoms with van der Waals surface area (Å²) >= 11 is 0. The zero-order valence-electron chi connectivity index (χ0n) is 11.7. The van der Waals surface area contributed by atoms with Crippen LogP contribution in [0.2, 0.25) is 0 Å². The Bertz CT molecular complexity index is 234. The largest absolute Gasteiger partial charge is 0.380 e. The normalized spacial score (nSPS) is 32.6. The van der Waals surface area contributed by atoms with Gasteiger partial charge in [-0.1, -0.05) is 6.92 Å². The summed E-state index contributed by atoms with van der Waals surface area (Å²) in [5.41, 5.74) is 0. The van der Waals surface area contributed by atoms with Gasteiger partial charge in [0.2, 0.25) is 0 Å². The molecule has 2 aliphatic heterocycles. The van der Waals surface area contributed by atoms with Crippen molar-refractivity contribution in [3.8, 4) is 0 Å². The summed E-state index contributed by atoms with van der Waals surface area (Å²) in [6.45, 7) is 12.3. The van der Waals surface area contributed by atoms with Crippen LogP contribution in [0.4, 0.5) is 0 Å². The fraction of sp³-hybridized carbons (Fsp3) is 1.00. The van der Waals surface area contributed by atoms with Crippen LogP contribution in [0.1, 0.15) is 40.0 Å². The van der Waals surface area contributed by atoms with Gasteiger partial charge in [0.25, 0.3) is 0 Å². The molecule has 0 aromatic heterocycles. The van der Waals surface area contributed by atoms with Gasteiger partial charge in [-0.15, -0.1) is 0 Å². The standard InChI is InChI=1S/C14H28N2O/c1-4-13-9-15-8-6-7-14(15)10-16(13)12(3)11-17-5-2/h12-14H,4-11H2,1-3H3. The molecule has 0 N–H and O–H groups in total. The van der Waals surface area contributed by atoms with E-state index in [1.807, 2.05) is 0 Å². The van der Waals surface area contributed by atoms with Gasteiger partial charge >= 0.3 is 0 Å². The number of nitrogens with zero attached hydrogens (tertiary/aromatic N) is 2. The Balaban J connectivity index is 1.93. The smallest absolute Gasteiger partial charge is 0.0619 e. The van der Waals surface area contributed by atoms with Crippen molar-refractivity contribution in [1.29, 1.82) is 0 Å². The predicted octanol–water partition coefficient (Wildman–Crippen LogP) is 1.97. The molecule has 0 saturated carbocycles. The first-order chi connectivity index (χ1) is 8.26. The third-order valence-corrected chi connectivity index (χ3v) is 4.44. The van der Waals surface area contributed by atoms with E-state index < -0.39 is 0 Å². The number of hydrogen-bond donors (Lipinski definition) is 0. The van der Waals surface area contributed by atoms with Crippen molar-refractivity contribution < 1.29 is 4.74 Å². The van der Waals surface area contributed by atoms with E-state index in [4.69, 9.17) is 4.74 Å². The van der Waals surface area contributed by atoms with Crippen molar-refractivity contribution in [3.63, 3.8) is 0 Å². The number of ether oxygens (including phenoxy) is 1. The van der Waals surface area contributed by atoms with E-state index in [0.717, 1.165) is 25.3 Å². The highest BCUT2D eigenvalue weighted by Crippen LogP contribution is 2.27. The fourth-order valence-corrected chi connectivity index (χ4v) is 3.40. The Kier molecular flexibility index (Phi) is 4.83. The lowest BCUT2D eigenvalue weighted by Crippen LogP contribution is -2.59. The first kappa shape index (κ1) is 13.3. The van der Waals surface area contributed by atoms with Gasteiger partial charge in [-0.25, -0.2) is 0 Å². The van der Waals surface area contributed by atoms with Crippen LogP contribution >= 0.6 is 0 Å². The topological polar surface area (TPSA) is 15.7 Å². The maximum absolute atomic E-state index is 5.60. The first-order valence-corrected chi connectivity index (χ1v) is 7.33. The molecule has 3 heteroatoms. The van der Waals surface area contributed by atoms with Crippen LogP contribution in [0.15, 0.2) is 0 Å². The summed E-state index contributed by atoms with van der Waals surface area (Å²) < 4.78 is 5.60. The Labute approximate surface area is 106 Å². The Morgan fingerprint density at radius 1 is 1.29 bits per heavy atom. The average Bonchev–Trinajstić information content (AvgIpc) is 2.81. The summed E-state index contributed by atoms with van der Waals surface area (Å²) in [7, 11) is 0. The van der Waals surface area contributed by atoms with E-state index >= 15 is 0 Å². The molecule has 0 radical (unpaired) electrons. The first-order valence-electron chi connectivity index (χ1n) is 7.33. The van der Waals surface area contributed by atoms with Crippen LogP contribution in [0, 0.1) is 0 Å². The van der Waals surface area contributed by atoms with Crippen LogP contribution in [-0.4, -0.2) is 60.8 Å². The second-order valence-electron chi connectivity index (χ2n) is 5.56. The fourth-order valence-electron chi connectivity index (χ4n) is 3.40. The van der Waals surface area contributed by atoms with Crippen LogP contribution in [0.25, 0.3) is 0 Å². The molecular weight excluding hydrogens is 212 g/mol. The minimum absolute atomic E-state index is 0.572. The Morgan fingerprint density at radius 2 is 2.12 bits per heavy atom. The molecule has 17 heavy (non-hydrogen) atoms. The molecule has 2 rings (SSSR count). The van der Waals surface area contributed by atoms with E-state index in [9.17, 15) is 0 Å². The molecule has 0 bridgehead atoms. The van der Waals surface area contributed by atoms with Gasteiger partial charge in [0, 0.05) is 37.8 Å². The number of fused-ring (bicyclic) bond motifs is 1. The maximum atomic E-state index is 5.60. The quantitative estimate of drug-likeness (QED) is 0.731. The third-order valence-electron chi connectivity index (χ3n) is 4.44. The summed E-state index contributed by atoms with van der Waals surface area (Å²) in [5, 5.41) is 0. The lowest BCUT2D eigenvalue weighted by Gasteiger charge is -2.46. The molecule has 0 spiro atoms. The molecule has 3 nitrogen and oxygen atoms in total. The second kappa shape index (κ2) is 6.17. The maximum Gasteiger partial charge on any atom is 0.0619 e. The summed E-state index contributed by atoms with van der Waals surface area (Å²) in [6, 6.07) is 2.13. The lowest BCUT2D eigenvalue weighted by molar-refractivity contribution is -0.00820. The molecule has 3 unspecified atom stereocenters. The van der Waals surface area contributed by atoms with Gasteiger partial charge < -0.3 is 4.74 Å². The van der Waals surface area contributed by atoms with Crippen molar-refractivity contribution in [2.75, 3.05) is 32.8 Å². The molecule has 0 aromatic carbocycles. The second-order valence-corrected chi connectivity index (χ2v) is 5.56. The molecule has 0 aliphatic carbocycles. The van der Waals surface area contributed by atoms with E-state index in [0.29, 0.717) is 6.04 Å². The minimum Gasteiger partial charge on any atom is -0.380 e. The average molecular weight is 240 g/mol. The zero-order valence-corrected chi connectivity index (χ0v) is 11.7. The van der Waals surface area contributed by atoms with Crippen LogP contribution < -0.4 is 0 Å². The lowest BCUT2D eigenvalue weighted by atomic mass is 10.0. The van der Waals surface area contributed by atoms with Crippen molar-refractivity contribution in [2.45, 2.75) is 58.2 Å². The summed E-state index contributed by atoms with van der Waals surface area (Å²) in [6.07, 6.45) is 4.06. The molecule has 0 aromatic rings. The molecular formula is C14H28N2O. The van der Waals surface area contributed by atoms with Crippen LogP contribution in [-0.2, 0) is 4.74 Å². The highest BCUT2D eigenvalue weighted by molar-refractivity contribution is 4.93. The highest BCUT2D eigenvalue weighted by atomic mass is 16.5. The van der Waals surface area contributed by atoms with Crippen molar-refractivity contribution >= 4 is 0 Å². The zero-order chi connectivity index (χ0) is 12.3. The van der Waals surface area contributed by atoms with E-state index in [2.05, 4.69) is 30.6 Å². The van der Waals surface area contributed by atoms with E-state index in [-0.39, 0.29) is 0 Å². The van der Waals surface area contributed by atoms with Crippen molar-refractivity contribution in [3.05, 3.63) is 0 Å². The van der Waals surface area contributed by atoms with Crippen molar-refractivity contribution in [2.24, 2.45) is 0 Å². The highest BCUT2D eigenvalue weighted by Gasteiger charge is 2.37. The van der Waals surface area contributed by atoms with E-state index in [1.165, 1.54) is 38.9 Å². The minimum atomic E-state index is 0.572. The molecule has 0 amide bonds. The number of rotatable bonds is 5.